The Balaban J connectivity index is 1.99. The molecule has 0 spiro atoms. The quantitative estimate of drug-likeness (QED) is 0.550. The molecule has 0 atom stereocenters. The average molecular weight is 429 g/mol. The van der Waals surface area contributed by atoms with Crippen LogP contribution in [0.3, 0.4) is 0 Å². The van der Waals surface area contributed by atoms with Gasteiger partial charge in [0.15, 0.2) is 0 Å². The van der Waals surface area contributed by atoms with Crippen LogP contribution in [-0.4, -0.2) is 43.2 Å². The van der Waals surface area contributed by atoms with E-state index in [1.54, 1.807) is 42.0 Å². The second-order valence-electron chi connectivity index (χ2n) is 6.82. The summed E-state index contributed by atoms with van der Waals surface area (Å²) in [5, 5.41) is 4.24. The second kappa shape index (κ2) is 9.78. The van der Waals surface area contributed by atoms with Crippen LogP contribution in [0.25, 0.3) is 10.9 Å². The van der Waals surface area contributed by atoms with Crippen molar-refractivity contribution in [1.82, 2.24) is 9.88 Å². The molecule has 0 bridgehead atoms. The molecule has 0 saturated carbocycles. The van der Waals surface area contributed by atoms with Gasteiger partial charge in [0, 0.05) is 34.8 Å². The van der Waals surface area contributed by atoms with Gasteiger partial charge in [0.1, 0.15) is 5.75 Å². The Hall–Kier alpha value is -2.83. The first-order valence-corrected chi connectivity index (χ1v) is 10.2. The number of benzene rings is 2. The van der Waals surface area contributed by atoms with Crippen molar-refractivity contribution in [2.24, 2.45) is 0 Å². The van der Waals surface area contributed by atoms with Gasteiger partial charge in [-0.05, 0) is 61.9 Å². The van der Waals surface area contributed by atoms with Crippen molar-refractivity contribution in [2.75, 3.05) is 26.9 Å². The average Bonchev–Trinajstić information content (AvgIpc) is 3.02. The molecule has 30 heavy (non-hydrogen) atoms. The first-order valence-electron chi connectivity index (χ1n) is 9.78. The summed E-state index contributed by atoms with van der Waals surface area (Å²) in [5.74, 6) is 0.359. The van der Waals surface area contributed by atoms with E-state index in [-0.39, 0.29) is 18.2 Å². The second-order valence-corrected chi connectivity index (χ2v) is 7.25. The van der Waals surface area contributed by atoms with Crippen molar-refractivity contribution in [1.29, 1.82) is 0 Å². The van der Waals surface area contributed by atoms with Crippen LogP contribution in [0, 0.1) is 6.92 Å². The molecule has 1 heterocycles. The van der Waals surface area contributed by atoms with E-state index >= 15 is 0 Å². The summed E-state index contributed by atoms with van der Waals surface area (Å²) in [6.07, 6.45) is 0.155. The summed E-state index contributed by atoms with van der Waals surface area (Å²) in [6, 6.07) is 12.3. The van der Waals surface area contributed by atoms with Crippen LogP contribution in [0.4, 0.5) is 0 Å². The van der Waals surface area contributed by atoms with Gasteiger partial charge >= 0.3 is 0 Å². The summed E-state index contributed by atoms with van der Waals surface area (Å²) in [7, 11) is 1.59. The Morgan fingerprint density at radius 1 is 1.13 bits per heavy atom. The molecule has 0 aliphatic rings. The Bertz CT molecular complexity index is 1060. The zero-order valence-corrected chi connectivity index (χ0v) is 18.1. The van der Waals surface area contributed by atoms with E-state index in [4.69, 9.17) is 21.1 Å². The van der Waals surface area contributed by atoms with E-state index in [0.717, 1.165) is 22.2 Å². The van der Waals surface area contributed by atoms with Crippen LogP contribution < -0.4 is 10.1 Å². The highest BCUT2D eigenvalue weighted by atomic mass is 35.5. The molecule has 1 N–H and O–H groups in total. The third-order valence-corrected chi connectivity index (χ3v) is 5.20. The molecule has 0 radical (unpaired) electrons. The molecule has 3 aromatic rings. The summed E-state index contributed by atoms with van der Waals surface area (Å²) >= 11 is 5.96. The molecule has 0 aliphatic carbocycles. The number of nitrogens with one attached hydrogen (secondary N) is 1. The minimum Gasteiger partial charge on any atom is -0.497 e. The third-order valence-electron chi connectivity index (χ3n) is 4.95. The van der Waals surface area contributed by atoms with Crippen LogP contribution in [0.2, 0.25) is 5.02 Å². The fraction of sp³-hybridized carbons (Fsp3) is 0.304. The van der Waals surface area contributed by atoms with Gasteiger partial charge in [-0.15, -0.1) is 0 Å². The number of rotatable bonds is 8. The van der Waals surface area contributed by atoms with Crippen LogP contribution >= 0.6 is 11.6 Å². The molecule has 0 unspecified atom stereocenters. The highest BCUT2D eigenvalue weighted by Crippen LogP contribution is 2.30. The zero-order chi connectivity index (χ0) is 21.7. The Morgan fingerprint density at radius 3 is 2.53 bits per heavy atom. The summed E-state index contributed by atoms with van der Waals surface area (Å²) in [4.78, 5) is 25.8. The maximum atomic E-state index is 13.3. The maximum absolute atomic E-state index is 13.3. The highest BCUT2D eigenvalue weighted by molar-refractivity contribution is 6.30. The van der Waals surface area contributed by atoms with Gasteiger partial charge in [-0.2, -0.15) is 0 Å². The number of aromatic nitrogens is 1. The number of amides is 1. The van der Waals surface area contributed by atoms with E-state index in [1.165, 1.54) is 0 Å². The lowest BCUT2D eigenvalue weighted by Gasteiger charge is -2.08. The van der Waals surface area contributed by atoms with Gasteiger partial charge in [-0.25, -0.2) is 0 Å². The van der Waals surface area contributed by atoms with E-state index in [0.29, 0.717) is 36.1 Å². The predicted molar refractivity (Wildman–Crippen MR) is 118 cm³/mol. The smallest absolute Gasteiger partial charge is 0.262 e. The van der Waals surface area contributed by atoms with E-state index in [9.17, 15) is 9.59 Å². The van der Waals surface area contributed by atoms with Crippen molar-refractivity contribution in [3.8, 4) is 5.75 Å². The van der Waals surface area contributed by atoms with E-state index in [2.05, 4.69) is 5.32 Å². The molecule has 0 fully saturated rings. The Kier molecular flexibility index (Phi) is 7.13. The molecule has 0 aliphatic heterocycles. The number of methoxy groups -OCH3 is 1. The fourth-order valence-electron chi connectivity index (χ4n) is 3.43. The Labute approximate surface area is 180 Å². The standard InChI is InChI=1S/C23H25ClN2O4/c1-4-30-12-11-25-22(27)14-19-15(2)26(21-10-9-18(29-3)13-20(19)21)23(28)16-5-7-17(24)8-6-16/h5-10,13H,4,11-12,14H2,1-3H3,(H,25,27). The molecular weight excluding hydrogens is 404 g/mol. The molecule has 1 aromatic heterocycles. The number of hydrogen-bond acceptors (Lipinski definition) is 4. The highest BCUT2D eigenvalue weighted by Gasteiger charge is 2.22. The van der Waals surface area contributed by atoms with Crippen molar-refractivity contribution >= 4 is 34.3 Å². The van der Waals surface area contributed by atoms with Crippen LogP contribution in [0.5, 0.6) is 5.75 Å². The van der Waals surface area contributed by atoms with Gasteiger partial charge in [0.2, 0.25) is 5.91 Å². The molecule has 0 saturated heterocycles. The number of halogens is 1. The minimum atomic E-state index is -0.178. The topological polar surface area (TPSA) is 69.6 Å². The van der Waals surface area contributed by atoms with Crippen LogP contribution in [-0.2, 0) is 16.0 Å². The first-order chi connectivity index (χ1) is 14.5. The lowest BCUT2D eigenvalue weighted by Crippen LogP contribution is -2.28. The van der Waals surface area contributed by atoms with Crippen molar-refractivity contribution in [2.45, 2.75) is 20.3 Å². The largest absolute Gasteiger partial charge is 0.497 e. The minimum absolute atomic E-state index is 0.126. The molecule has 6 nitrogen and oxygen atoms in total. The number of carbonyl (C=O) groups is 2. The number of carbonyl (C=O) groups excluding carboxylic acids is 2. The Morgan fingerprint density at radius 2 is 1.87 bits per heavy atom. The predicted octanol–water partition coefficient (Wildman–Crippen LogP) is 4.00. The number of nitrogens with zero attached hydrogens (tertiary/aromatic N) is 1. The number of fused-ring (bicyclic) bond motifs is 1. The number of hydrogen-bond donors (Lipinski definition) is 1. The third kappa shape index (κ3) is 4.66. The summed E-state index contributed by atoms with van der Waals surface area (Å²) in [6.45, 7) is 5.27. The molecule has 158 valence electrons. The lowest BCUT2D eigenvalue weighted by atomic mass is 10.1. The monoisotopic (exact) mass is 428 g/mol. The molecule has 1 amide bonds. The summed E-state index contributed by atoms with van der Waals surface area (Å²) in [5.41, 5.74) is 2.76. The molecule has 7 heteroatoms. The zero-order valence-electron chi connectivity index (χ0n) is 17.3. The molecule has 3 rings (SSSR count). The van der Waals surface area contributed by atoms with Crippen LogP contribution in [0.1, 0.15) is 28.5 Å². The van der Waals surface area contributed by atoms with Gasteiger partial charge in [-0.1, -0.05) is 11.6 Å². The fourth-order valence-corrected chi connectivity index (χ4v) is 3.55. The van der Waals surface area contributed by atoms with Crippen LogP contribution in [0.15, 0.2) is 42.5 Å². The van der Waals surface area contributed by atoms with Crippen molar-refractivity contribution < 1.29 is 19.1 Å². The van der Waals surface area contributed by atoms with E-state index in [1.807, 2.05) is 26.0 Å². The van der Waals surface area contributed by atoms with Gasteiger partial charge in [0.25, 0.3) is 5.91 Å². The van der Waals surface area contributed by atoms with Gasteiger partial charge < -0.3 is 14.8 Å². The first kappa shape index (κ1) is 21.9. The molecule has 2 aromatic carbocycles. The lowest BCUT2D eigenvalue weighted by molar-refractivity contribution is -0.120. The van der Waals surface area contributed by atoms with Gasteiger partial charge in [-0.3, -0.25) is 14.2 Å². The maximum Gasteiger partial charge on any atom is 0.262 e. The summed E-state index contributed by atoms with van der Waals surface area (Å²) < 4.78 is 12.3. The van der Waals surface area contributed by atoms with E-state index < -0.39 is 0 Å². The SMILES string of the molecule is CCOCCNC(=O)Cc1c(C)n(C(=O)c2ccc(Cl)cc2)c2ccc(OC)cc12. The van der Waals surface area contributed by atoms with Crippen molar-refractivity contribution in [3.05, 3.63) is 64.3 Å². The number of ether oxygens (including phenoxy) is 2. The van der Waals surface area contributed by atoms with Gasteiger partial charge in [0.05, 0.1) is 25.7 Å². The van der Waals surface area contributed by atoms with Crippen molar-refractivity contribution in [3.63, 3.8) is 0 Å². The normalized spacial score (nSPS) is 10.9. The molecular formula is C23H25ClN2O4.